The van der Waals surface area contributed by atoms with Crippen molar-refractivity contribution in [2.75, 3.05) is 26.7 Å². The van der Waals surface area contributed by atoms with Crippen molar-refractivity contribution in [1.29, 1.82) is 0 Å². The molecule has 2 atom stereocenters. The quantitative estimate of drug-likeness (QED) is 0.831. The predicted molar refractivity (Wildman–Crippen MR) is 77.4 cm³/mol. The molecule has 2 fully saturated rings. The van der Waals surface area contributed by atoms with E-state index in [4.69, 9.17) is 4.74 Å². The van der Waals surface area contributed by atoms with Gasteiger partial charge in [0.2, 0.25) is 10.0 Å². The van der Waals surface area contributed by atoms with Crippen molar-refractivity contribution in [2.24, 2.45) is 0 Å². The molecule has 1 aliphatic carbocycles. The molecule has 1 saturated heterocycles. The van der Waals surface area contributed by atoms with E-state index in [0.717, 1.165) is 25.8 Å². The van der Waals surface area contributed by atoms with E-state index in [-0.39, 0.29) is 17.0 Å². The molecular weight excluding hydrogens is 292 g/mol. The van der Waals surface area contributed by atoms with Crippen molar-refractivity contribution in [3.8, 4) is 0 Å². The molecule has 3 rings (SSSR count). The minimum absolute atomic E-state index is 0.00981. The maximum atomic E-state index is 12.8. The summed E-state index contributed by atoms with van der Waals surface area (Å²) in [5, 5.41) is 7.16. The Bertz CT molecular complexity index is 586. The van der Waals surface area contributed by atoms with E-state index in [1.807, 2.05) is 7.05 Å². The molecule has 0 bridgehead atoms. The van der Waals surface area contributed by atoms with Gasteiger partial charge in [0.25, 0.3) is 0 Å². The molecule has 7 nitrogen and oxygen atoms in total. The summed E-state index contributed by atoms with van der Waals surface area (Å²) in [6.07, 6.45) is 6.00. The lowest BCUT2D eigenvalue weighted by molar-refractivity contribution is -0.0241. The minimum atomic E-state index is -3.47. The highest BCUT2D eigenvalue weighted by Crippen LogP contribution is 2.33. The molecule has 0 radical (unpaired) electrons. The first-order valence-corrected chi connectivity index (χ1v) is 8.87. The van der Waals surface area contributed by atoms with E-state index in [1.165, 1.54) is 6.20 Å². The number of rotatable bonds is 5. The minimum Gasteiger partial charge on any atom is -0.375 e. The maximum absolute atomic E-state index is 12.8. The number of hydrogen-bond donors (Lipinski definition) is 1. The normalized spacial score (nSPS) is 26.9. The third-order valence-electron chi connectivity index (χ3n) is 4.24. The SMILES string of the molecule is CNCCn1cc(S(=O)(=O)N2CCOC3CCCC32)cn1. The first-order chi connectivity index (χ1) is 10.1. The van der Waals surface area contributed by atoms with Gasteiger partial charge in [-0.1, -0.05) is 0 Å². The largest absolute Gasteiger partial charge is 0.375 e. The van der Waals surface area contributed by atoms with Gasteiger partial charge in [0.05, 0.1) is 31.5 Å². The number of aromatic nitrogens is 2. The molecule has 0 spiro atoms. The summed E-state index contributed by atoms with van der Waals surface area (Å²) in [5.74, 6) is 0. The Hall–Kier alpha value is -0.960. The Balaban J connectivity index is 1.80. The maximum Gasteiger partial charge on any atom is 0.246 e. The fraction of sp³-hybridized carbons (Fsp3) is 0.769. The third-order valence-corrected chi connectivity index (χ3v) is 6.12. The molecule has 1 saturated carbocycles. The van der Waals surface area contributed by atoms with Gasteiger partial charge >= 0.3 is 0 Å². The second-order valence-electron chi connectivity index (χ2n) is 5.57. The van der Waals surface area contributed by atoms with E-state index < -0.39 is 10.0 Å². The number of hydrogen-bond acceptors (Lipinski definition) is 5. The summed E-state index contributed by atoms with van der Waals surface area (Å²) in [6.45, 7) is 2.32. The molecule has 2 unspecified atom stereocenters. The van der Waals surface area contributed by atoms with Gasteiger partial charge in [-0.3, -0.25) is 4.68 Å². The summed E-state index contributed by atoms with van der Waals surface area (Å²) < 4.78 is 34.6. The summed E-state index contributed by atoms with van der Waals surface area (Å²) >= 11 is 0. The summed E-state index contributed by atoms with van der Waals surface area (Å²) in [5.41, 5.74) is 0. The fourth-order valence-electron chi connectivity index (χ4n) is 3.15. The lowest BCUT2D eigenvalue weighted by Crippen LogP contribution is -2.51. The van der Waals surface area contributed by atoms with Crippen LogP contribution in [0.5, 0.6) is 0 Å². The average Bonchev–Trinajstić information content (AvgIpc) is 3.13. The zero-order chi connectivity index (χ0) is 14.9. The first kappa shape index (κ1) is 15.0. The van der Waals surface area contributed by atoms with Crippen LogP contribution in [0.25, 0.3) is 0 Å². The van der Waals surface area contributed by atoms with Crippen LogP contribution in [0.1, 0.15) is 19.3 Å². The number of nitrogens with zero attached hydrogens (tertiary/aromatic N) is 3. The van der Waals surface area contributed by atoms with Crippen molar-refractivity contribution in [2.45, 2.75) is 42.8 Å². The summed E-state index contributed by atoms with van der Waals surface area (Å²) in [6, 6.07) is -0.00981. The number of fused-ring (bicyclic) bond motifs is 1. The zero-order valence-electron chi connectivity index (χ0n) is 12.2. The molecule has 1 aromatic heterocycles. The Morgan fingerprint density at radius 2 is 2.33 bits per heavy atom. The van der Waals surface area contributed by atoms with Gasteiger partial charge in [0.1, 0.15) is 4.90 Å². The van der Waals surface area contributed by atoms with Crippen molar-refractivity contribution in [3.63, 3.8) is 0 Å². The van der Waals surface area contributed by atoms with Crippen LogP contribution in [-0.2, 0) is 21.3 Å². The van der Waals surface area contributed by atoms with Crippen LogP contribution in [0.2, 0.25) is 0 Å². The monoisotopic (exact) mass is 314 g/mol. The lowest BCUT2D eigenvalue weighted by atomic mass is 10.2. The van der Waals surface area contributed by atoms with Crippen LogP contribution in [0, 0.1) is 0 Å². The number of morpholine rings is 1. The van der Waals surface area contributed by atoms with Gasteiger partial charge in [0.15, 0.2) is 0 Å². The van der Waals surface area contributed by atoms with Crippen molar-refractivity contribution >= 4 is 10.0 Å². The van der Waals surface area contributed by atoms with Crippen molar-refractivity contribution in [3.05, 3.63) is 12.4 Å². The number of ether oxygens (including phenoxy) is 1. The first-order valence-electron chi connectivity index (χ1n) is 7.43. The van der Waals surface area contributed by atoms with Gasteiger partial charge in [-0.25, -0.2) is 8.42 Å². The van der Waals surface area contributed by atoms with E-state index >= 15 is 0 Å². The predicted octanol–water partition coefficient (Wildman–Crippen LogP) is 0.0445. The van der Waals surface area contributed by atoms with Crippen LogP contribution in [-0.4, -0.2) is 61.4 Å². The molecule has 21 heavy (non-hydrogen) atoms. The molecule has 118 valence electrons. The van der Waals surface area contributed by atoms with Crippen LogP contribution in [0.4, 0.5) is 0 Å². The van der Waals surface area contributed by atoms with Gasteiger partial charge in [-0.2, -0.15) is 9.40 Å². The highest BCUT2D eigenvalue weighted by atomic mass is 32.2. The molecule has 1 aliphatic heterocycles. The second-order valence-corrected chi connectivity index (χ2v) is 7.46. The lowest BCUT2D eigenvalue weighted by Gasteiger charge is -2.36. The van der Waals surface area contributed by atoms with Crippen LogP contribution in [0.3, 0.4) is 0 Å². The van der Waals surface area contributed by atoms with Gasteiger partial charge in [-0.15, -0.1) is 0 Å². The molecule has 2 heterocycles. The Kier molecular flexibility index (Phi) is 4.30. The molecule has 0 amide bonds. The van der Waals surface area contributed by atoms with Crippen molar-refractivity contribution in [1.82, 2.24) is 19.4 Å². The fourth-order valence-corrected chi connectivity index (χ4v) is 4.77. The topological polar surface area (TPSA) is 76.5 Å². The highest BCUT2D eigenvalue weighted by Gasteiger charge is 2.42. The molecule has 1 aromatic rings. The number of sulfonamides is 1. The summed E-state index contributed by atoms with van der Waals surface area (Å²) in [4.78, 5) is 0.283. The van der Waals surface area contributed by atoms with E-state index in [9.17, 15) is 8.42 Å². The van der Waals surface area contributed by atoms with Crippen LogP contribution < -0.4 is 5.32 Å². The second kappa shape index (κ2) is 6.04. The number of likely N-dealkylation sites (N-methyl/N-ethyl adjacent to an activating group) is 1. The van der Waals surface area contributed by atoms with Crippen molar-refractivity contribution < 1.29 is 13.2 Å². The van der Waals surface area contributed by atoms with Gasteiger partial charge in [-0.05, 0) is 26.3 Å². The standard InChI is InChI=1S/C13H22N4O3S/c1-14-5-6-16-10-11(9-15-16)21(18,19)17-7-8-20-13-4-2-3-12(13)17/h9-10,12-14H,2-8H2,1H3. The molecular formula is C13H22N4O3S. The highest BCUT2D eigenvalue weighted by molar-refractivity contribution is 7.89. The summed E-state index contributed by atoms with van der Waals surface area (Å²) in [7, 11) is -1.61. The Morgan fingerprint density at radius 1 is 1.48 bits per heavy atom. The number of nitrogens with one attached hydrogen (secondary N) is 1. The zero-order valence-corrected chi connectivity index (χ0v) is 13.1. The van der Waals surface area contributed by atoms with E-state index in [1.54, 1.807) is 15.2 Å². The third kappa shape index (κ3) is 2.85. The van der Waals surface area contributed by atoms with Crippen LogP contribution in [0.15, 0.2) is 17.3 Å². The molecule has 1 N–H and O–H groups in total. The Morgan fingerprint density at radius 3 is 3.14 bits per heavy atom. The van der Waals surface area contributed by atoms with Crippen LogP contribution >= 0.6 is 0 Å². The van der Waals surface area contributed by atoms with E-state index in [2.05, 4.69) is 10.4 Å². The van der Waals surface area contributed by atoms with Gasteiger partial charge < -0.3 is 10.1 Å². The Labute approximate surface area is 125 Å². The smallest absolute Gasteiger partial charge is 0.246 e. The molecule has 2 aliphatic rings. The molecule has 0 aromatic carbocycles. The molecule has 8 heteroatoms. The average molecular weight is 314 g/mol. The van der Waals surface area contributed by atoms with Gasteiger partial charge in [0, 0.05) is 19.3 Å². The van der Waals surface area contributed by atoms with E-state index in [0.29, 0.717) is 19.7 Å².